The largest absolute Gasteiger partial charge is 0.384 e. The Morgan fingerprint density at radius 1 is 1.07 bits per heavy atom. The fourth-order valence-electron chi connectivity index (χ4n) is 3.02. The van der Waals surface area contributed by atoms with E-state index < -0.39 is 20.0 Å². The molecule has 3 rings (SSSR count). The standard InChI is InChI=1S/C18H22N2O5S2/c1-25-12-13-26(21,22)19-16-9-10-18-15(14-16)6-5-11-20(18)27(23,24)17-7-3-2-4-8-17/h2-4,7-10,14,19H,5-6,11-13H2,1H3. The SMILES string of the molecule is COCCS(=O)(=O)Nc1ccc2c(c1)CCCN2S(=O)(=O)c1ccccc1. The lowest BCUT2D eigenvalue weighted by atomic mass is 10.0. The molecule has 1 heterocycles. The summed E-state index contributed by atoms with van der Waals surface area (Å²) in [5.41, 5.74) is 1.81. The predicted molar refractivity (Wildman–Crippen MR) is 105 cm³/mol. The molecule has 0 atom stereocenters. The number of anilines is 2. The van der Waals surface area contributed by atoms with Gasteiger partial charge in [-0.15, -0.1) is 0 Å². The van der Waals surface area contributed by atoms with Crippen LogP contribution in [0.5, 0.6) is 0 Å². The molecule has 1 aliphatic heterocycles. The van der Waals surface area contributed by atoms with Crippen molar-refractivity contribution in [3.8, 4) is 0 Å². The van der Waals surface area contributed by atoms with Gasteiger partial charge in [0.15, 0.2) is 0 Å². The van der Waals surface area contributed by atoms with E-state index in [0.717, 1.165) is 5.56 Å². The van der Waals surface area contributed by atoms with E-state index in [1.807, 2.05) is 0 Å². The molecule has 0 saturated heterocycles. The van der Waals surface area contributed by atoms with Gasteiger partial charge >= 0.3 is 0 Å². The first-order valence-corrected chi connectivity index (χ1v) is 11.6. The Morgan fingerprint density at radius 2 is 1.81 bits per heavy atom. The number of aryl methyl sites for hydroxylation is 1. The Labute approximate surface area is 160 Å². The van der Waals surface area contributed by atoms with Crippen molar-refractivity contribution >= 4 is 31.4 Å². The summed E-state index contributed by atoms with van der Waals surface area (Å²) in [5.74, 6) is -0.144. The van der Waals surface area contributed by atoms with E-state index in [2.05, 4.69) is 4.72 Å². The van der Waals surface area contributed by atoms with Crippen molar-refractivity contribution in [3.05, 3.63) is 54.1 Å². The maximum Gasteiger partial charge on any atom is 0.264 e. The highest BCUT2D eigenvalue weighted by Crippen LogP contribution is 2.33. The van der Waals surface area contributed by atoms with E-state index in [4.69, 9.17) is 4.74 Å². The molecular weight excluding hydrogens is 388 g/mol. The Hall–Kier alpha value is -2.10. The zero-order valence-corrected chi connectivity index (χ0v) is 16.6. The zero-order valence-electron chi connectivity index (χ0n) is 15.0. The second-order valence-corrected chi connectivity index (χ2v) is 9.96. The van der Waals surface area contributed by atoms with Gasteiger partial charge < -0.3 is 4.74 Å². The molecule has 0 radical (unpaired) electrons. The number of hydrogen-bond acceptors (Lipinski definition) is 5. The number of nitrogens with zero attached hydrogens (tertiary/aromatic N) is 1. The van der Waals surface area contributed by atoms with Gasteiger partial charge in [0.2, 0.25) is 10.0 Å². The molecule has 0 amide bonds. The van der Waals surface area contributed by atoms with Crippen molar-refractivity contribution in [1.29, 1.82) is 0 Å². The highest BCUT2D eigenvalue weighted by atomic mass is 32.2. The number of sulfonamides is 2. The Kier molecular flexibility index (Phi) is 5.73. The number of ether oxygens (including phenoxy) is 1. The molecule has 9 heteroatoms. The van der Waals surface area contributed by atoms with Crippen LogP contribution in [0.25, 0.3) is 0 Å². The Morgan fingerprint density at radius 3 is 2.52 bits per heavy atom. The average Bonchev–Trinajstić information content (AvgIpc) is 2.66. The number of benzene rings is 2. The minimum Gasteiger partial charge on any atom is -0.384 e. The van der Waals surface area contributed by atoms with Crippen molar-refractivity contribution in [2.24, 2.45) is 0 Å². The van der Waals surface area contributed by atoms with Crippen LogP contribution in [0, 0.1) is 0 Å². The molecule has 0 spiro atoms. The molecule has 0 unspecified atom stereocenters. The van der Waals surface area contributed by atoms with Crippen LogP contribution < -0.4 is 9.03 Å². The van der Waals surface area contributed by atoms with Crippen LogP contribution in [0.4, 0.5) is 11.4 Å². The molecule has 0 aromatic heterocycles. The fraction of sp³-hybridized carbons (Fsp3) is 0.333. The molecule has 2 aromatic carbocycles. The fourth-order valence-corrected chi connectivity index (χ4v) is 5.56. The Balaban J connectivity index is 1.90. The molecule has 1 aliphatic rings. The summed E-state index contributed by atoms with van der Waals surface area (Å²) in [4.78, 5) is 0.238. The van der Waals surface area contributed by atoms with Crippen LogP contribution >= 0.6 is 0 Å². The summed E-state index contributed by atoms with van der Waals surface area (Å²) in [5, 5.41) is 0. The number of hydrogen-bond donors (Lipinski definition) is 1. The molecule has 0 aliphatic carbocycles. The molecule has 7 nitrogen and oxygen atoms in total. The van der Waals surface area contributed by atoms with Gasteiger partial charge in [-0.3, -0.25) is 9.03 Å². The van der Waals surface area contributed by atoms with Crippen molar-refractivity contribution in [1.82, 2.24) is 0 Å². The summed E-state index contributed by atoms with van der Waals surface area (Å²) in [6.07, 6.45) is 1.35. The molecule has 0 fully saturated rings. The van der Waals surface area contributed by atoms with E-state index in [-0.39, 0.29) is 17.3 Å². The number of nitrogens with one attached hydrogen (secondary N) is 1. The minimum atomic E-state index is -3.66. The van der Waals surface area contributed by atoms with Crippen LogP contribution in [0.15, 0.2) is 53.4 Å². The lowest BCUT2D eigenvalue weighted by Gasteiger charge is -2.31. The van der Waals surface area contributed by atoms with E-state index in [1.165, 1.54) is 11.4 Å². The summed E-state index contributed by atoms with van der Waals surface area (Å²) in [7, 11) is -5.73. The van der Waals surface area contributed by atoms with Crippen molar-refractivity contribution in [2.45, 2.75) is 17.7 Å². The quantitative estimate of drug-likeness (QED) is 0.756. The van der Waals surface area contributed by atoms with Gasteiger partial charge in [0.05, 0.1) is 22.9 Å². The van der Waals surface area contributed by atoms with Crippen LogP contribution in [-0.2, 0) is 31.2 Å². The number of fused-ring (bicyclic) bond motifs is 1. The van der Waals surface area contributed by atoms with Crippen molar-refractivity contribution in [3.63, 3.8) is 0 Å². The van der Waals surface area contributed by atoms with Crippen LogP contribution in [0.3, 0.4) is 0 Å². The van der Waals surface area contributed by atoms with Crippen molar-refractivity contribution in [2.75, 3.05) is 35.0 Å². The molecule has 2 aromatic rings. The van der Waals surface area contributed by atoms with Gasteiger partial charge in [0.1, 0.15) is 0 Å². The molecular formula is C18H22N2O5S2. The summed E-state index contributed by atoms with van der Waals surface area (Å²) in [6, 6.07) is 13.2. The van der Waals surface area contributed by atoms with E-state index >= 15 is 0 Å². The van der Waals surface area contributed by atoms with E-state index in [9.17, 15) is 16.8 Å². The van der Waals surface area contributed by atoms with Gasteiger partial charge in [-0.1, -0.05) is 18.2 Å². The average molecular weight is 411 g/mol. The third-order valence-electron chi connectivity index (χ3n) is 4.32. The first-order chi connectivity index (χ1) is 12.8. The number of methoxy groups -OCH3 is 1. The predicted octanol–water partition coefficient (Wildman–Crippen LogP) is 2.22. The topological polar surface area (TPSA) is 92.8 Å². The smallest absolute Gasteiger partial charge is 0.264 e. The zero-order chi connectivity index (χ0) is 19.5. The lowest BCUT2D eigenvalue weighted by Crippen LogP contribution is -2.35. The van der Waals surface area contributed by atoms with Crippen molar-refractivity contribution < 1.29 is 21.6 Å². The van der Waals surface area contributed by atoms with Crippen LogP contribution in [0.1, 0.15) is 12.0 Å². The third-order valence-corrected chi connectivity index (χ3v) is 7.39. The second-order valence-electron chi connectivity index (χ2n) is 6.25. The lowest BCUT2D eigenvalue weighted by molar-refractivity contribution is 0.217. The van der Waals surface area contributed by atoms with Crippen LogP contribution in [0.2, 0.25) is 0 Å². The molecule has 146 valence electrons. The normalized spacial score (nSPS) is 14.6. The highest BCUT2D eigenvalue weighted by molar-refractivity contribution is 7.93. The maximum absolute atomic E-state index is 13.0. The first-order valence-electron chi connectivity index (χ1n) is 8.54. The van der Waals surface area contributed by atoms with Gasteiger partial charge in [-0.25, -0.2) is 16.8 Å². The maximum atomic E-state index is 13.0. The molecule has 1 N–H and O–H groups in total. The summed E-state index contributed by atoms with van der Waals surface area (Å²) in [6.45, 7) is 0.493. The van der Waals surface area contributed by atoms with Gasteiger partial charge in [-0.05, 0) is 48.7 Å². The Bertz CT molecular complexity index is 1010. The third kappa shape index (κ3) is 4.42. The molecule has 27 heavy (non-hydrogen) atoms. The van der Waals surface area contributed by atoms with Gasteiger partial charge in [0, 0.05) is 19.3 Å². The number of rotatable bonds is 7. The second kappa shape index (κ2) is 7.87. The van der Waals surface area contributed by atoms with Gasteiger partial charge in [0.25, 0.3) is 10.0 Å². The summed E-state index contributed by atoms with van der Waals surface area (Å²) >= 11 is 0. The van der Waals surface area contributed by atoms with Gasteiger partial charge in [-0.2, -0.15) is 0 Å². The molecule has 0 bridgehead atoms. The monoisotopic (exact) mass is 410 g/mol. The molecule has 0 saturated carbocycles. The van der Waals surface area contributed by atoms with E-state index in [1.54, 1.807) is 48.5 Å². The first kappa shape index (κ1) is 19.7. The summed E-state index contributed by atoms with van der Waals surface area (Å²) < 4.78 is 58.8. The highest BCUT2D eigenvalue weighted by Gasteiger charge is 2.29. The van der Waals surface area contributed by atoms with Crippen LogP contribution in [-0.4, -0.2) is 42.8 Å². The van der Waals surface area contributed by atoms with E-state index in [0.29, 0.717) is 30.8 Å². The minimum absolute atomic E-state index is 0.101.